The van der Waals surface area contributed by atoms with Gasteiger partial charge in [-0.1, -0.05) is 32.4 Å². The van der Waals surface area contributed by atoms with Crippen LogP contribution in [0.15, 0.2) is 11.6 Å². The van der Waals surface area contributed by atoms with Crippen molar-refractivity contribution in [2.75, 3.05) is 0 Å². The van der Waals surface area contributed by atoms with Crippen LogP contribution >= 0.6 is 0 Å². The van der Waals surface area contributed by atoms with E-state index in [1.807, 2.05) is 19.9 Å². The molecule has 0 saturated heterocycles. The van der Waals surface area contributed by atoms with Crippen LogP contribution in [0.3, 0.4) is 0 Å². The topological polar surface area (TPSA) is 129 Å². The third kappa shape index (κ3) is 2.95. The number of allylic oxidation sites excluding steroid dienone is 1. The molecule has 0 heterocycles. The van der Waals surface area contributed by atoms with E-state index < -0.39 is 51.5 Å². The Hall–Kier alpha value is -2.02. The van der Waals surface area contributed by atoms with Gasteiger partial charge in [-0.15, -0.1) is 0 Å². The molecule has 3 aliphatic rings. The average molecular weight is 435 g/mol. The van der Waals surface area contributed by atoms with E-state index in [2.05, 4.69) is 0 Å². The number of aliphatic carboxylic acids is 2. The Morgan fingerprint density at radius 1 is 1.13 bits per heavy atom. The SMILES string of the molecule is CC(=O)[C@H]1[C@H](O)C[C@@]2(C)[C@@H]3CC=C(C(C)(C)C(=O)O)[C@@H](CC(=O)O)[C@@]3(C)C(=O)C[C@@]12C. The van der Waals surface area contributed by atoms with Gasteiger partial charge in [0.05, 0.1) is 17.9 Å². The fourth-order valence-corrected chi connectivity index (χ4v) is 7.48. The number of aliphatic hydroxyl groups is 1. The molecule has 31 heavy (non-hydrogen) atoms. The summed E-state index contributed by atoms with van der Waals surface area (Å²) >= 11 is 0. The van der Waals surface area contributed by atoms with E-state index in [1.165, 1.54) is 6.92 Å². The number of aliphatic hydroxyl groups excluding tert-OH is 1. The van der Waals surface area contributed by atoms with Crippen LogP contribution in [0.2, 0.25) is 0 Å². The fraction of sp³-hybridized carbons (Fsp3) is 0.750. The molecule has 0 unspecified atom stereocenters. The maximum absolute atomic E-state index is 13.8. The molecule has 172 valence electrons. The molecular weight excluding hydrogens is 400 g/mol. The lowest BCUT2D eigenvalue weighted by atomic mass is 9.40. The van der Waals surface area contributed by atoms with Crippen molar-refractivity contribution in [2.24, 2.45) is 39.4 Å². The normalized spacial score (nSPS) is 42.4. The first-order chi connectivity index (χ1) is 14.0. The van der Waals surface area contributed by atoms with Gasteiger partial charge in [0.15, 0.2) is 0 Å². The third-order valence-electron chi connectivity index (χ3n) is 9.38. The van der Waals surface area contributed by atoms with Crippen LogP contribution in [-0.4, -0.2) is 44.9 Å². The summed E-state index contributed by atoms with van der Waals surface area (Å²) < 4.78 is 0. The van der Waals surface area contributed by atoms with Crippen molar-refractivity contribution >= 4 is 23.5 Å². The van der Waals surface area contributed by atoms with E-state index in [-0.39, 0.29) is 30.3 Å². The summed E-state index contributed by atoms with van der Waals surface area (Å²) in [6.45, 7) is 10.2. The number of hydrogen-bond acceptors (Lipinski definition) is 5. The second-order valence-corrected chi connectivity index (χ2v) is 11.1. The third-order valence-corrected chi connectivity index (χ3v) is 9.38. The molecule has 0 amide bonds. The largest absolute Gasteiger partial charge is 0.481 e. The van der Waals surface area contributed by atoms with Crippen molar-refractivity contribution in [3.63, 3.8) is 0 Å². The molecule has 0 aliphatic heterocycles. The van der Waals surface area contributed by atoms with Crippen LogP contribution < -0.4 is 0 Å². The number of rotatable bonds is 5. The van der Waals surface area contributed by atoms with Crippen LogP contribution in [0, 0.1) is 39.4 Å². The molecule has 0 radical (unpaired) electrons. The maximum Gasteiger partial charge on any atom is 0.313 e. The Balaban J connectivity index is 2.23. The molecule has 2 saturated carbocycles. The van der Waals surface area contributed by atoms with E-state index in [0.717, 1.165) is 0 Å². The highest BCUT2D eigenvalue weighted by molar-refractivity contribution is 5.91. The number of hydrogen-bond donors (Lipinski definition) is 3. The first-order valence-electron chi connectivity index (χ1n) is 10.9. The predicted molar refractivity (Wildman–Crippen MR) is 112 cm³/mol. The van der Waals surface area contributed by atoms with Gasteiger partial charge >= 0.3 is 11.9 Å². The maximum atomic E-state index is 13.8. The van der Waals surface area contributed by atoms with E-state index >= 15 is 0 Å². The van der Waals surface area contributed by atoms with E-state index in [0.29, 0.717) is 18.4 Å². The molecule has 7 heteroatoms. The second-order valence-electron chi connectivity index (χ2n) is 11.1. The van der Waals surface area contributed by atoms with Crippen LogP contribution in [0.5, 0.6) is 0 Å². The first kappa shape index (κ1) is 23.6. The molecule has 3 N–H and O–H groups in total. The fourth-order valence-electron chi connectivity index (χ4n) is 7.48. The number of carbonyl (C=O) groups is 4. The zero-order valence-corrected chi connectivity index (χ0v) is 19.2. The van der Waals surface area contributed by atoms with Crippen molar-refractivity contribution in [1.29, 1.82) is 0 Å². The van der Waals surface area contributed by atoms with Gasteiger partial charge in [0.2, 0.25) is 0 Å². The number of carbonyl (C=O) groups excluding carboxylic acids is 2. The highest BCUT2D eigenvalue weighted by atomic mass is 16.4. The van der Waals surface area contributed by atoms with Crippen LogP contribution in [0.25, 0.3) is 0 Å². The predicted octanol–water partition coefficient (Wildman–Crippen LogP) is 3.10. The Morgan fingerprint density at radius 2 is 1.71 bits per heavy atom. The molecule has 0 aromatic rings. The minimum absolute atomic E-state index is 0.0642. The highest BCUT2D eigenvalue weighted by Crippen LogP contribution is 2.72. The smallest absolute Gasteiger partial charge is 0.313 e. The molecule has 3 aliphatic carbocycles. The number of carboxylic acid groups (broad SMARTS) is 2. The Bertz CT molecular complexity index is 886. The van der Waals surface area contributed by atoms with E-state index in [4.69, 9.17) is 0 Å². The van der Waals surface area contributed by atoms with Crippen LogP contribution in [0.4, 0.5) is 0 Å². The molecule has 0 bridgehead atoms. The van der Waals surface area contributed by atoms with Crippen molar-refractivity contribution in [1.82, 2.24) is 0 Å². The van der Waals surface area contributed by atoms with Crippen LogP contribution in [0.1, 0.15) is 67.2 Å². The molecule has 2 fully saturated rings. The Labute approximate surface area is 182 Å². The highest BCUT2D eigenvalue weighted by Gasteiger charge is 2.72. The van der Waals surface area contributed by atoms with Gasteiger partial charge in [-0.25, -0.2) is 0 Å². The number of carboxylic acids is 2. The number of Topliss-reactive ketones (excluding diaryl/α,β-unsaturated/α-hetero) is 2. The van der Waals surface area contributed by atoms with Gasteiger partial charge in [-0.3, -0.25) is 19.2 Å². The van der Waals surface area contributed by atoms with Crippen molar-refractivity contribution in [3.05, 3.63) is 11.6 Å². The van der Waals surface area contributed by atoms with Gasteiger partial charge in [0.1, 0.15) is 11.6 Å². The summed E-state index contributed by atoms with van der Waals surface area (Å²) in [6, 6.07) is 0. The number of ketones is 2. The minimum Gasteiger partial charge on any atom is -0.481 e. The second kappa shape index (κ2) is 6.99. The quantitative estimate of drug-likeness (QED) is 0.567. The van der Waals surface area contributed by atoms with Gasteiger partial charge < -0.3 is 15.3 Å². The van der Waals surface area contributed by atoms with Gasteiger partial charge in [0.25, 0.3) is 0 Å². The molecule has 0 aromatic heterocycles. The molecule has 3 rings (SSSR count). The lowest BCUT2D eigenvalue weighted by Crippen LogP contribution is -2.62. The first-order valence-corrected chi connectivity index (χ1v) is 10.9. The van der Waals surface area contributed by atoms with Crippen molar-refractivity contribution < 1.29 is 34.5 Å². The summed E-state index contributed by atoms with van der Waals surface area (Å²) in [5, 5.41) is 30.3. The lowest BCUT2D eigenvalue weighted by molar-refractivity contribution is -0.171. The zero-order chi connectivity index (χ0) is 23.7. The summed E-state index contributed by atoms with van der Waals surface area (Å²) in [4.78, 5) is 50.1. The molecular formula is C24H34O7. The number of fused-ring (bicyclic) bond motifs is 3. The van der Waals surface area contributed by atoms with Crippen molar-refractivity contribution in [2.45, 2.75) is 73.3 Å². The minimum atomic E-state index is -1.31. The summed E-state index contributed by atoms with van der Waals surface area (Å²) in [6.07, 6.45) is 1.44. The molecule has 0 aromatic carbocycles. The standard InChI is InChI=1S/C24H34O7/c1-12(25)19-15(26)10-22(4)16-8-7-13(21(2,3)20(30)31)14(9-18(28)29)24(16,6)17(27)11-23(19,22)5/h7,14-16,19,26H,8-11H2,1-6H3,(H,28,29)(H,30,31)/t14-,15-,16+,19+,22+,23+,24-/m1/s1. The monoisotopic (exact) mass is 434 g/mol. The van der Waals surface area contributed by atoms with Gasteiger partial charge in [0, 0.05) is 23.7 Å². The molecule has 7 nitrogen and oxygen atoms in total. The molecule has 7 atom stereocenters. The zero-order valence-electron chi connectivity index (χ0n) is 19.2. The molecule has 0 spiro atoms. The van der Waals surface area contributed by atoms with E-state index in [1.54, 1.807) is 20.8 Å². The summed E-state index contributed by atoms with van der Waals surface area (Å²) in [5.41, 5.74) is -3.23. The Kier molecular flexibility index (Phi) is 5.33. The lowest BCUT2D eigenvalue weighted by Gasteiger charge is -2.62. The van der Waals surface area contributed by atoms with E-state index in [9.17, 15) is 34.5 Å². The van der Waals surface area contributed by atoms with Crippen molar-refractivity contribution in [3.8, 4) is 0 Å². The summed E-state index contributed by atoms with van der Waals surface area (Å²) in [5.74, 6) is -4.15. The average Bonchev–Trinajstić information content (AvgIpc) is 2.81. The van der Waals surface area contributed by atoms with Crippen LogP contribution in [-0.2, 0) is 19.2 Å². The Morgan fingerprint density at radius 3 is 2.19 bits per heavy atom. The van der Waals surface area contributed by atoms with Gasteiger partial charge in [-0.05, 0) is 50.4 Å². The van der Waals surface area contributed by atoms with Gasteiger partial charge in [-0.2, -0.15) is 0 Å². The summed E-state index contributed by atoms with van der Waals surface area (Å²) in [7, 11) is 0.